The predicted molar refractivity (Wildman–Crippen MR) is 139 cm³/mol. The maximum absolute atomic E-state index is 13.7. The Morgan fingerprint density at radius 3 is 2.54 bits per heavy atom. The first-order valence-corrected chi connectivity index (χ1v) is 13.7. The van der Waals surface area contributed by atoms with Crippen LogP contribution < -0.4 is 5.32 Å². The number of piperidine rings is 2. The molecule has 3 aliphatic rings. The van der Waals surface area contributed by atoms with Crippen molar-refractivity contribution in [1.29, 1.82) is 0 Å². The number of rotatable bonds is 5. The van der Waals surface area contributed by atoms with Crippen molar-refractivity contribution in [2.45, 2.75) is 69.0 Å². The van der Waals surface area contributed by atoms with Crippen molar-refractivity contribution >= 4 is 16.9 Å². The minimum absolute atomic E-state index is 0.00307. The lowest BCUT2D eigenvalue weighted by Gasteiger charge is -2.44. The van der Waals surface area contributed by atoms with Crippen LogP contribution in [0.4, 0.5) is 9.18 Å². The van der Waals surface area contributed by atoms with Crippen LogP contribution in [0.2, 0.25) is 0 Å². The standard InChI is InChI=1S/C28H35FN6O2/c29-22-11-17-35(18-12-22)28(13-3-4-14-28)19-30-27(36)34-15-9-21(10-16-34)26-32-25(33-37-26)24-8-7-20-5-1-2-6-23(20)31-24/h1-2,5-8,21-22H,3-4,9-19H2,(H,30,36). The Labute approximate surface area is 216 Å². The van der Waals surface area contributed by atoms with Crippen LogP contribution in [0.15, 0.2) is 40.9 Å². The Morgan fingerprint density at radius 2 is 1.76 bits per heavy atom. The van der Waals surface area contributed by atoms with E-state index < -0.39 is 6.17 Å². The molecule has 1 aromatic carbocycles. The molecule has 4 heterocycles. The van der Waals surface area contributed by atoms with Crippen molar-refractivity contribution in [2.75, 3.05) is 32.7 Å². The van der Waals surface area contributed by atoms with E-state index in [1.807, 2.05) is 41.3 Å². The number of urea groups is 1. The maximum atomic E-state index is 13.7. The van der Waals surface area contributed by atoms with Crippen molar-refractivity contribution in [2.24, 2.45) is 0 Å². The minimum atomic E-state index is -0.677. The van der Waals surface area contributed by atoms with E-state index >= 15 is 0 Å². The Bertz CT molecular complexity index is 1230. The first-order chi connectivity index (χ1) is 18.1. The highest BCUT2D eigenvalue weighted by molar-refractivity contribution is 5.80. The van der Waals surface area contributed by atoms with Gasteiger partial charge in [-0.3, -0.25) is 4.90 Å². The highest BCUT2D eigenvalue weighted by Gasteiger charge is 2.41. The molecule has 1 saturated carbocycles. The van der Waals surface area contributed by atoms with Gasteiger partial charge >= 0.3 is 6.03 Å². The first-order valence-electron chi connectivity index (χ1n) is 13.7. The lowest BCUT2D eigenvalue weighted by atomic mass is 9.91. The second-order valence-electron chi connectivity index (χ2n) is 10.9. The van der Waals surface area contributed by atoms with Gasteiger partial charge in [-0.25, -0.2) is 14.2 Å². The Morgan fingerprint density at radius 1 is 1.00 bits per heavy atom. The van der Waals surface area contributed by atoms with Gasteiger partial charge in [0.05, 0.1) is 5.52 Å². The molecule has 1 aliphatic carbocycles. The van der Waals surface area contributed by atoms with E-state index in [2.05, 4.69) is 25.3 Å². The Kier molecular flexibility index (Phi) is 6.80. The lowest BCUT2D eigenvalue weighted by Crippen LogP contribution is -2.58. The fraction of sp³-hybridized carbons (Fsp3) is 0.571. The highest BCUT2D eigenvalue weighted by Crippen LogP contribution is 2.37. The van der Waals surface area contributed by atoms with Crippen LogP contribution in [0.3, 0.4) is 0 Å². The number of carbonyl (C=O) groups excluding carboxylic acids is 1. The monoisotopic (exact) mass is 506 g/mol. The molecule has 6 rings (SSSR count). The lowest BCUT2D eigenvalue weighted by molar-refractivity contribution is 0.0439. The number of likely N-dealkylation sites (tertiary alicyclic amines) is 2. The van der Waals surface area contributed by atoms with Gasteiger partial charge in [-0.15, -0.1) is 0 Å². The van der Waals surface area contributed by atoms with Crippen LogP contribution in [-0.2, 0) is 0 Å². The molecule has 37 heavy (non-hydrogen) atoms. The van der Waals surface area contributed by atoms with Crippen LogP contribution >= 0.6 is 0 Å². The maximum Gasteiger partial charge on any atom is 0.317 e. The van der Waals surface area contributed by atoms with Crippen LogP contribution in [0, 0.1) is 0 Å². The second-order valence-corrected chi connectivity index (χ2v) is 10.9. The summed E-state index contributed by atoms with van der Waals surface area (Å²) < 4.78 is 19.3. The van der Waals surface area contributed by atoms with Crippen molar-refractivity contribution < 1.29 is 13.7 Å². The fourth-order valence-electron chi connectivity index (χ4n) is 6.34. The molecule has 2 amide bonds. The van der Waals surface area contributed by atoms with E-state index in [1.54, 1.807) is 0 Å². The number of benzene rings is 1. The Balaban J connectivity index is 1.03. The summed E-state index contributed by atoms with van der Waals surface area (Å²) in [6.07, 6.45) is 6.63. The normalized spacial score (nSPS) is 21.5. The van der Waals surface area contributed by atoms with Crippen LogP contribution in [0.25, 0.3) is 22.4 Å². The molecule has 0 spiro atoms. The number of nitrogens with zero attached hydrogens (tertiary/aromatic N) is 5. The number of alkyl halides is 1. The molecule has 9 heteroatoms. The number of pyridine rings is 1. The van der Waals surface area contributed by atoms with Crippen LogP contribution in [0.1, 0.15) is 63.2 Å². The number of amides is 2. The smallest absolute Gasteiger partial charge is 0.317 e. The summed E-state index contributed by atoms with van der Waals surface area (Å²) in [7, 11) is 0. The molecule has 0 radical (unpaired) electrons. The van der Waals surface area contributed by atoms with Crippen molar-refractivity contribution in [1.82, 2.24) is 30.2 Å². The van der Waals surface area contributed by atoms with E-state index in [9.17, 15) is 9.18 Å². The average molecular weight is 507 g/mol. The third-order valence-electron chi connectivity index (χ3n) is 8.60. The van der Waals surface area contributed by atoms with Gasteiger partial charge in [-0.1, -0.05) is 42.3 Å². The fourth-order valence-corrected chi connectivity index (χ4v) is 6.34. The molecule has 0 atom stereocenters. The van der Waals surface area contributed by atoms with E-state index in [1.165, 1.54) is 12.8 Å². The SMILES string of the molecule is O=C(NCC1(N2CCC(F)CC2)CCCC1)N1CCC(c2nc(-c3ccc4ccccc4n3)no2)CC1. The number of halogens is 1. The Hall–Kier alpha value is -3.07. The molecular weight excluding hydrogens is 471 g/mol. The number of nitrogens with one attached hydrogen (secondary N) is 1. The topological polar surface area (TPSA) is 87.4 Å². The van der Waals surface area contributed by atoms with E-state index in [0.717, 1.165) is 49.7 Å². The summed E-state index contributed by atoms with van der Waals surface area (Å²) in [5.41, 5.74) is 1.59. The molecule has 2 aromatic heterocycles. The number of hydrogen-bond acceptors (Lipinski definition) is 6. The molecule has 196 valence electrons. The predicted octanol–water partition coefficient (Wildman–Crippen LogP) is 4.92. The number of aromatic nitrogens is 3. The van der Waals surface area contributed by atoms with E-state index in [0.29, 0.717) is 49.9 Å². The molecule has 3 aromatic rings. The van der Waals surface area contributed by atoms with Gasteiger partial charge in [0.1, 0.15) is 11.9 Å². The summed E-state index contributed by atoms with van der Waals surface area (Å²) in [5.74, 6) is 1.25. The second kappa shape index (κ2) is 10.4. The first kappa shape index (κ1) is 24.3. The summed E-state index contributed by atoms with van der Waals surface area (Å²) in [4.78, 5) is 26.7. The van der Waals surface area contributed by atoms with Gasteiger partial charge in [-0.2, -0.15) is 4.98 Å². The summed E-state index contributed by atoms with van der Waals surface area (Å²) in [6, 6.07) is 11.9. The van der Waals surface area contributed by atoms with Gasteiger partial charge in [0.2, 0.25) is 11.7 Å². The summed E-state index contributed by atoms with van der Waals surface area (Å²) in [5, 5.41) is 8.49. The molecule has 0 unspecified atom stereocenters. The third kappa shape index (κ3) is 5.06. The molecular formula is C28H35FN6O2. The van der Waals surface area contributed by atoms with Crippen LogP contribution in [-0.4, -0.2) is 75.4 Å². The van der Waals surface area contributed by atoms with Gasteiger partial charge in [0.15, 0.2) is 0 Å². The minimum Gasteiger partial charge on any atom is -0.339 e. The number of hydrogen-bond donors (Lipinski definition) is 1. The molecule has 0 bridgehead atoms. The summed E-state index contributed by atoms with van der Waals surface area (Å²) >= 11 is 0. The van der Waals surface area contributed by atoms with Crippen molar-refractivity contribution in [3.63, 3.8) is 0 Å². The highest BCUT2D eigenvalue weighted by atomic mass is 19.1. The third-order valence-corrected chi connectivity index (χ3v) is 8.60. The molecule has 2 saturated heterocycles. The van der Waals surface area contributed by atoms with Crippen LogP contribution in [0.5, 0.6) is 0 Å². The van der Waals surface area contributed by atoms with Gasteiger partial charge in [0, 0.05) is 49.6 Å². The zero-order valence-electron chi connectivity index (χ0n) is 21.2. The molecule has 8 nitrogen and oxygen atoms in total. The number of fused-ring (bicyclic) bond motifs is 1. The van der Waals surface area contributed by atoms with Gasteiger partial charge in [-0.05, 0) is 50.7 Å². The molecule has 3 fully saturated rings. The zero-order chi connectivity index (χ0) is 25.2. The van der Waals surface area contributed by atoms with E-state index in [4.69, 9.17) is 4.52 Å². The van der Waals surface area contributed by atoms with Gasteiger partial charge in [0.25, 0.3) is 0 Å². The van der Waals surface area contributed by atoms with Crippen molar-refractivity contribution in [3.05, 3.63) is 42.3 Å². The molecule has 2 aliphatic heterocycles. The largest absolute Gasteiger partial charge is 0.339 e. The zero-order valence-corrected chi connectivity index (χ0v) is 21.2. The number of para-hydroxylation sites is 1. The molecule has 1 N–H and O–H groups in total. The average Bonchev–Trinajstić information content (AvgIpc) is 3.63. The van der Waals surface area contributed by atoms with Crippen molar-refractivity contribution in [3.8, 4) is 11.5 Å². The van der Waals surface area contributed by atoms with E-state index in [-0.39, 0.29) is 17.5 Å². The van der Waals surface area contributed by atoms with Gasteiger partial charge < -0.3 is 14.7 Å². The number of carbonyl (C=O) groups is 1. The summed E-state index contributed by atoms with van der Waals surface area (Å²) in [6.45, 7) is 3.55. The quantitative estimate of drug-likeness (QED) is 0.529.